The summed E-state index contributed by atoms with van der Waals surface area (Å²) in [5, 5.41) is 13.9. The summed E-state index contributed by atoms with van der Waals surface area (Å²) in [5.74, 6) is 1.62. The van der Waals surface area contributed by atoms with Gasteiger partial charge in [0.05, 0.1) is 11.1 Å². The Bertz CT molecular complexity index is 1480. The van der Waals surface area contributed by atoms with E-state index in [1.54, 1.807) is 30.1 Å². The molecule has 35 heavy (non-hydrogen) atoms. The quantitative estimate of drug-likeness (QED) is 0.219. The molecule has 0 saturated heterocycles. The molecule has 5 rings (SSSR count). The van der Waals surface area contributed by atoms with Crippen molar-refractivity contribution < 1.29 is 9.84 Å². The first kappa shape index (κ1) is 23.1. The molecule has 0 aliphatic heterocycles. The summed E-state index contributed by atoms with van der Waals surface area (Å²) >= 11 is 5.11. The van der Waals surface area contributed by atoms with Gasteiger partial charge in [-0.1, -0.05) is 39.8 Å². The molecule has 174 valence electrons. The molecule has 0 saturated carbocycles. The highest BCUT2D eigenvalue weighted by molar-refractivity contribution is 9.10. The predicted molar refractivity (Wildman–Crippen MR) is 142 cm³/mol. The fourth-order valence-electron chi connectivity index (χ4n) is 3.56. The number of nitrogens with zero attached hydrogens (tertiary/aromatic N) is 3. The summed E-state index contributed by atoms with van der Waals surface area (Å²) in [6.45, 7) is 2.03. The van der Waals surface area contributed by atoms with Crippen LogP contribution in [0.2, 0.25) is 0 Å². The van der Waals surface area contributed by atoms with E-state index in [0.29, 0.717) is 11.5 Å². The Balaban J connectivity index is 1.49. The summed E-state index contributed by atoms with van der Waals surface area (Å²) in [6, 6.07) is 25.0. The van der Waals surface area contributed by atoms with Crippen molar-refractivity contribution >= 4 is 50.2 Å². The maximum Gasteiger partial charge on any atom is 0.164 e. The number of aromatic hydroxyl groups is 1. The van der Waals surface area contributed by atoms with Crippen LogP contribution in [0.4, 0.5) is 11.5 Å². The molecule has 0 aliphatic carbocycles. The van der Waals surface area contributed by atoms with Crippen molar-refractivity contribution in [3.63, 3.8) is 0 Å². The van der Waals surface area contributed by atoms with Crippen LogP contribution in [0, 0.1) is 0 Å². The van der Waals surface area contributed by atoms with Crippen LogP contribution < -0.4 is 10.1 Å². The van der Waals surface area contributed by atoms with E-state index in [2.05, 4.69) is 42.3 Å². The number of halogens is 1. The number of benzene rings is 3. The van der Waals surface area contributed by atoms with Crippen molar-refractivity contribution in [1.29, 1.82) is 0 Å². The largest absolute Gasteiger partial charge is 0.508 e. The van der Waals surface area contributed by atoms with Gasteiger partial charge < -0.3 is 15.2 Å². The van der Waals surface area contributed by atoms with Gasteiger partial charge in [0, 0.05) is 26.5 Å². The van der Waals surface area contributed by atoms with E-state index in [1.165, 1.54) is 6.33 Å². The zero-order valence-electron chi connectivity index (χ0n) is 18.7. The third kappa shape index (κ3) is 5.55. The average molecular weight is 545 g/mol. The molecule has 0 spiro atoms. The van der Waals surface area contributed by atoms with Crippen LogP contribution in [-0.4, -0.2) is 20.1 Å². The number of hydrogen-bond donors (Lipinski definition) is 2. The topological polar surface area (TPSA) is 80.2 Å². The smallest absolute Gasteiger partial charge is 0.164 e. The lowest BCUT2D eigenvalue weighted by Crippen LogP contribution is -2.04. The van der Waals surface area contributed by atoms with Gasteiger partial charge in [-0.3, -0.25) is 0 Å². The van der Waals surface area contributed by atoms with Crippen molar-refractivity contribution in [2.75, 3.05) is 5.32 Å². The number of rotatable bonds is 7. The number of fused-ring (bicyclic) bond motifs is 1. The number of nitrogens with one attached hydrogen (secondary N) is 1. The molecule has 3 aromatic carbocycles. The molecule has 2 N–H and O–H groups in total. The van der Waals surface area contributed by atoms with Crippen LogP contribution >= 0.6 is 27.7 Å². The van der Waals surface area contributed by atoms with Crippen LogP contribution in [-0.2, 0) is 0 Å². The second-order valence-electron chi connectivity index (χ2n) is 7.79. The third-order valence-electron chi connectivity index (χ3n) is 5.31. The van der Waals surface area contributed by atoms with Crippen LogP contribution in [0.1, 0.15) is 18.6 Å². The first-order chi connectivity index (χ1) is 17.0. The second-order valence-corrected chi connectivity index (χ2v) is 9.82. The first-order valence-corrected chi connectivity index (χ1v) is 12.5. The van der Waals surface area contributed by atoms with E-state index < -0.39 is 0 Å². The van der Waals surface area contributed by atoms with Crippen LogP contribution in [0.5, 0.6) is 11.5 Å². The van der Waals surface area contributed by atoms with Crippen molar-refractivity contribution in [2.24, 2.45) is 0 Å². The first-order valence-electron chi connectivity index (χ1n) is 10.9. The van der Waals surface area contributed by atoms with Gasteiger partial charge in [-0.2, -0.15) is 0 Å². The monoisotopic (exact) mass is 544 g/mol. The Kier molecular flexibility index (Phi) is 6.83. The summed E-state index contributed by atoms with van der Waals surface area (Å²) in [4.78, 5) is 15.0. The molecule has 8 heteroatoms. The maximum atomic E-state index is 9.64. The van der Waals surface area contributed by atoms with Gasteiger partial charge in [-0.15, -0.1) is 0 Å². The minimum absolute atomic E-state index is 0.139. The molecule has 6 nitrogen and oxygen atoms in total. The zero-order chi connectivity index (χ0) is 24.2. The fourth-order valence-corrected chi connectivity index (χ4v) is 4.86. The number of hydrogen-bond acceptors (Lipinski definition) is 7. The van der Waals surface area contributed by atoms with Crippen molar-refractivity contribution in [3.05, 3.63) is 101 Å². The Labute approximate surface area is 215 Å². The van der Waals surface area contributed by atoms with Gasteiger partial charge in [-0.25, -0.2) is 15.0 Å². The predicted octanol–water partition coefficient (Wildman–Crippen LogP) is 7.53. The molecule has 0 amide bonds. The van der Waals surface area contributed by atoms with E-state index in [9.17, 15) is 5.11 Å². The van der Waals surface area contributed by atoms with Gasteiger partial charge in [-0.05, 0) is 73.2 Å². The Morgan fingerprint density at radius 1 is 0.943 bits per heavy atom. The van der Waals surface area contributed by atoms with E-state index in [-0.39, 0.29) is 11.9 Å². The van der Waals surface area contributed by atoms with Gasteiger partial charge in [0.15, 0.2) is 5.65 Å². The molecule has 0 fully saturated rings. The number of phenolic OH excluding ortho intramolecular Hbond substituents is 1. The van der Waals surface area contributed by atoms with Crippen molar-refractivity contribution in [2.45, 2.75) is 22.8 Å². The number of ether oxygens (including phenoxy) is 1. The molecular weight excluding hydrogens is 524 g/mol. The van der Waals surface area contributed by atoms with E-state index >= 15 is 0 Å². The van der Waals surface area contributed by atoms with Crippen LogP contribution in [0.15, 0.2) is 106 Å². The number of anilines is 2. The SMILES string of the molecule is CC(Oc1ccc(Sc2ccc(O)cc2)c(Nc2ncnc3ncccc23)c1)c1cccc(Br)c1. The molecule has 1 atom stereocenters. The molecule has 0 aliphatic rings. The number of phenols is 1. The molecule has 2 aromatic heterocycles. The summed E-state index contributed by atoms with van der Waals surface area (Å²) in [7, 11) is 0. The average Bonchev–Trinajstić information content (AvgIpc) is 2.87. The summed E-state index contributed by atoms with van der Waals surface area (Å²) in [6.07, 6.45) is 3.07. The van der Waals surface area contributed by atoms with Crippen LogP contribution in [0.3, 0.4) is 0 Å². The summed E-state index contributed by atoms with van der Waals surface area (Å²) < 4.78 is 7.31. The standard InChI is InChI=1S/C27H21BrN4O2S/c1-17(18-4-2-5-19(28)14-18)34-21-9-12-25(35-22-10-7-20(33)8-11-22)24(15-21)32-27-23-6-3-13-29-26(23)30-16-31-27/h2-17,33H,1H3,(H,29,30,31,32). The van der Waals surface area contributed by atoms with Crippen molar-refractivity contribution in [1.82, 2.24) is 15.0 Å². The molecule has 0 bridgehead atoms. The fraction of sp³-hybridized carbons (Fsp3) is 0.0741. The van der Waals surface area contributed by atoms with E-state index in [4.69, 9.17) is 4.74 Å². The highest BCUT2D eigenvalue weighted by atomic mass is 79.9. The molecule has 1 unspecified atom stereocenters. The lowest BCUT2D eigenvalue weighted by Gasteiger charge is -2.18. The zero-order valence-corrected chi connectivity index (χ0v) is 21.1. The molecule has 2 heterocycles. The van der Waals surface area contributed by atoms with Gasteiger partial charge in [0.2, 0.25) is 0 Å². The van der Waals surface area contributed by atoms with Gasteiger partial charge in [0.25, 0.3) is 0 Å². The normalized spacial score (nSPS) is 11.8. The highest BCUT2D eigenvalue weighted by Gasteiger charge is 2.13. The molecule has 5 aromatic rings. The lowest BCUT2D eigenvalue weighted by atomic mass is 10.1. The maximum absolute atomic E-state index is 9.64. The van der Waals surface area contributed by atoms with Gasteiger partial charge in [0.1, 0.15) is 29.7 Å². The molecular formula is C27H21BrN4O2S. The minimum atomic E-state index is -0.139. The Morgan fingerprint density at radius 2 is 1.80 bits per heavy atom. The third-order valence-corrected chi connectivity index (χ3v) is 6.89. The molecule has 0 radical (unpaired) electrons. The number of aromatic nitrogens is 3. The number of pyridine rings is 1. The Morgan fingerprint density at radius 3 is 2.63 bits per heavy atom. The highest BCUT2D eigenvalue weighted by Crippen LogP contribution is 2.39. The van der Waals surface area contributed by atoms with Crippen LogP contribution in [0.25, 0.3) is 11.0 Å². The van der Waals surface area contributed by atoms with E-state index in [0.717, 1.165) is 36.7 Å². The second kappa shape index (κ2) is 10.3. The lowest BCUT2D eigenvalue weighted by molar-refractivity contribution is 0.227. The minimum Gasteiger partial charge on any atom is -0.508 e. The summed E-state index contributed by atoms with van der Waals surface area (Å²) in [5.41, 5.74) is 2.53. The Hall–Kier alpha value is -3.62. The van der Waals surface area contributed by atoms with E-state index in [1.807, 2.05) is 67.6 Å². The van der Waals surface area contributed by atoms with Gasteiger partial charge >= 0.3 is 0 Å². The van der Waals surface area contributed by atoms with Crippen molar-refractivity contribution in [3.8, 4) is 11.5 Å².